The summed E-state index contributed by atoms with van der Waals surface area (Å²) in [4.78, 5) is 34.4. The minimum absolute atomic E-state index is 0.158. The summed E-state index contributed by atoms with van der Waals surface area (Å²) in [5.74, 6) is 0.617. The second-order valence-electron chi connectivity index (χ2n) is 6.75. The molecule has 1 saturated heterocycles. The van der Waals surface area contributed by atoms with Gasteiger partial charge in [0, 0.05) is 42.5 Å². The molecule has 0 bridgehead atoms. The molecule has 2 aliphatic rings. The minimum atomic E-state index is -0.328. The van der Waals surface area contributed by atoms with Crippen molar-refractivity contribution >= 4 is 11.8 Å². The first-order valence-electron chi connectivity index (χ1n) is 8.78. The van der Waals surface area contributed by atoms with Crippen molar-refractivity contribution in [1.29, 1.82) is 0 Å². The van der Waals surface area contributed by atoms with Gasteiger partial charge in [0.2, 0.25) is 0 Å². The van der Waals surface area contributed by atoms with E-state index in [9.17, 15) is 9.59 Å². The zero-order chi connectivity index (χ0) is 17.4. The molecule has 6 nitrogen and oxygen atoms in total. The summed E-state index contributed by atoms with van der Waals surface area (Å²) >= 11 is 0. The Hall–Kier alpha value is -2.63. The van der Waals surface area contributed by atoms with Crippen LogP contribution in [-0.2, 0) is 4.79 Å². The maximum absolute atomic E-state index is 12.6. The van der Waals surface area contributed by atoms with E-state index in [1.165, 1.54) is 6.42 Å². The largest absolute Gasteiger partial charge is 0.426 e. The van der Waals surface area contributed by atoms with Gasteiger partial charge in [0.1, 0.15) is 11.6 Å². The van der Waals surface area contributed by atoms with Crippen LogP contribution < -0.4 is 15.2 Å². The van der Waals surface area contributed by atoms with Crippen molar-refractivity contribution in [2.45, 2.75) is 38.5 Å². The van der Waals surface area contributed by atoms with E-state index in [1.807, 2.05) is 12.1 Å². The Morgan fingerprint density at radius 1 is 1.24 bits per heavy atom. The van der Waals surface area contributed by atoms with Crippen LogP contribution in [0.1, 0.15) is 48.4 Å². The van der Waals surface area contributed by atoms with Gasteiger partial charge in [0.05, 0.1) is 12.0 Å². The highest BCUT2D eigenvalue weighted by Crippen LogP contribution is 2.40. The first-order chi connectivity index (χ1) is 12.1. The fourth-order valence-corrected chi connectivity index (χ4v) is 3.83. The number of H-pyrrole nitrogens is 1. The Morgan fingerprint density at radius 2 is 2.04 bits per heavy atom. The van der Waals surface area contributed by atoms with Crippen molar-refractivity contribution in [3.05, 3.63) is 51.6 Å². The Bertz CT molecular complexity index is 868. The Balaban J connectivity index is 1.84. The number of nitrogens with one attached hydrogen (secondary N) is 1. The van der Waals surface area contributed by atoms with Crippen LogP contribution in [0.5, 0.6) is 5.75 Å². The highest BCUT2D eigenvalue weighted by Gasteiger charge is 2.34. The van der Waals surface area contributed by atoms with Crippen LogP contribution in [0.25, 0.3) is 0 Å². The van der Waals surface area contributed by atoms with E-state index < -0.39 is 0 Å². The number of rotatable bonds is 2. The average molecular weight is 339 g/mol. The van der Waals surface area contributed by atoms with E-state index in [-0.39, 0.29) is 23.9 Å². The van der Waals surface area contributed by atoms with Gasteiger partial charge in [-0.2, -0.15) is 0 Å². The van der Waals surface area contributed by atoms with Crippen molar-refractivity contribution in [3.8, 4) is 5.75 Å². The maximum Gasteiger partial charge on any atom is 0.312 e. The summed E-state index contributed by atoms with van der Waals surface area (Å²) < 4.78 is 5.34. The van der Waals surface area contributed by atoms with E-state index >= 15 is 0 Å². The molecule has 1 N–H and O–H groups in total. The van der Waals surface area contributed by atoms with Crippen molar-refractivity contribution in [3.63, 3.8) is 0 Å². The number of carbonyl (C=O) groups is 1. The first kappa shape index (κ1) is 15.9. The van der Waals surface area contributed by atoms with Gasteiger partial charge in [-0.15, -0.1) is 0 Å². The lowest BCUT2D eigenvalue weighted by Crippen LogP contribution is -2.33. The van der Waals surface area contributed by atoms with Crippen molar-refractivity contribution in [1.82, 2.24) is 9.97 Å². The highest BCUT2D eigenvalue weighted by atomic mass is 16.5. The second kappa shape index (κ2) is 6.35. The third kappa shape index (κ3) is 2.92. The zero-order valence-corrected chi connectivity index (χ0v) is 14.2. The molecule has 0 radical (unpaired) electrons. The molecule has 0 amide bonds. The summed E-state index contributed by atoms with van der Waals surface area (Å²) in [7, 11) is 0. The topological polar surface area (TPSA) is 75.3 Å². The lowest BCUT2D eigenvalue weighted by Gasteiger charge is -2.32. The van der Waals surface area contributed by atoms with Crippen molar-refractivity contribution in [2.24, 2.45) is 0 Å². The van der Waals surface area contributed by atoms with Crippen LogP contribution in [0.3, 0.4) is 0 Å². The molecule has 0 aliphatic carbocycles. The molecule has 4 heterocycles. The number of ether oxygens (including phenoxy) is 1. The number of pyridine rings is 2. The summed E-state index contributed by atoms with van der Waals surface area (Å²) in [5, 5.41) is 0. The van der Waals surface area contributed by atoms with Gasteiger partial charge in [0.15, 0.2) is 0 Å². The van der Waals surface area contributed by atoms with Crippen LogP contribution >= 0.6 is 0 Å². The van der Waals surface area contributed by atoms with Gasteiger partial charge in [-0.25, -0.2) is 4.98 Å². The number of hydrogen-bond donors (Lipinski definition) is 1. The van der Waals surface area contributed by atoms with Gasteiger partial charge < -0.3 is 14.6 Å². The fraction of sp³-hybridized carbons (Fsp3) is 0.421. The Labute approximate surface area is 145 Å². The fourth-order valence-electron chi connectivity index (χ4n) is 3.83. The molecule has 2 aliphatic heterocycles. The van der Waals surface area contributed by atoms with Crippen LogP contribution in [-0.4, -0.2) is 29.0 Å². The number of aryl methyl sites for hydroxylation is 1. The number of nitrogens with zero attached hydrogens (tertiary/aromatic N) is 2. The molecule has 1 atom stereocenters. The summed E-state index contributed by atoms with van der Waals surface area (Å²) in [6, 6.07) is 5.56. The molecule has 2 aromatic rings. The van der Waals surface area contributed by atoms with Crippen LogP contribution in [0.15, 0.2) is 29.2 Å². The zero-order valence-electron chi connectivity index (χ0n) is 14.2. The smallest absolute Gasteiger partial charge is 0.312 e. The molecule has 2 aromatic heterocycles. The average Bonchev–Trinajstić information content (AvgIpc) is 2.61. The summed E-state index contributed by atoms with van der Waals surface area (Å²) in [6.45, 7) is 3.69. The van der Waals surface area contributed by atoms with E-state index in [4.69, 9.17) is 4.74 Å². The quantitative estimate of drug-likeness (QED) is 0.851. The lowest BCUT2D eigenvalue weighted by atomic mass is 9.87. The van der Waals surface area contributed by atoms with Crippen LogP contribution in [0.2, 0.25) is 0 Å². The molecule has 1 fully saturated rings. The highest BCUT2D eigenvalue weighted by molar-refractivity contribution is 5.78. The Morgan fingerprint density at radius 3 is 2.84 bits per heavy atom. The lowest BCUT2D eigenvalue weighted by molar-refractivity contribution is -0.135. The molecule has 0 spiro atoms. The predicted octanol–water partition coefficient (Wildman–Crippen LogP) is 2.51. The number of carbonyl (C=O) groups excluding carboxylic acids is 1. The monoisotopic (exact) mass is 339 g/mol. The first-order valence-corrected chi connectivity index (χ1v) is 8.78. The van der Waals surface area contributed by atoms with Crippen molar-refractivity contribution in [2.75, 3.05) is 18.0 Å². The summed E-state index contributed by atoms with van der Waals surface area (Å²) in [6.07, 6.45) is 5.44. The normalized spacial score (nSPS) is 20.1. The molecule has 6 heteroatoms. The van der Waals surface area contributed by atoms with Crippen LogP contribution in [0.4, 0.5) is 5.82 Å². The Kier molecular flexibility index (Phi) is 4.03. The predicted molar refractivity (Wildman–Crippen MR) is 94.2 cm³/mol. The molecule has 25 heavy (non-hydrogen) atoms. The molecule has 4 rings (SSSR count). The molecule has 0 saturated carbocycles. The third-order valence-corrected chi connectivity index (χ3v) is 4.96. The SMILES string of the molecule is Cc1cc2c(c(=O)[nH]1)C(c1cccnc1N1CCCCC1)CC(=O)O2. The number of anilines is 1. The minimum Gasteiger partial charge on any atom is -0.426 e. The third-order valence-electron chi connectivity index (χ3n) is 4.96. The second-order valence-corrected chi connectivity index (χ2v) is 6.75. The summed E-state index contributed by atoms with van der Waals surface area (Å²) in [5.41, 5.74) is 1.94. The van der Waals surface area contributed by atoms with E-state index in [1.54, 1.807) is 19.2 Å². The van der Waals surface area contributed by atoms with E-state index in [0.717, 1.165) is 37.3 Å². The number of piperidine rings is 1. The number of aromatic amines is 1. The van der Waals surface area contributed by atoms with Crippen molar-refractivity contribution < 1.29 is 9.53 Å². The van der Waals surface area contributed by atoms with Gasteiger partial charge in [-0.3, -0.25) is 9.59 Å². The van der Waals surface area contributed by atoms with E-state index in [2.05, 4.69) is 14.9 Å². The molecular weight excluding hydrogens is 318 g/mol. The van der Waals surface area contributed by atoms with Gasteiger partial charge in [-0.05, 0) is 32.3 Å². The number of hydrogen-bond acceptors (Lipinski definition) is 5. The number of aromatic nitrogens is 2. The molecule has 130 valence electrons. The standard InChI is InChI=1S/C19H21N3O3/c1-12-10-15-17(19(24)21-12)14(11-16(23)25-15)13-6-5-7-20-18(13)22-8-3-2-4-9-22/h5-7,10,14H,2-4,8-9,11H2,1H3,(H,21,24). The maximum atomic E-state index is 12.6. The van der Waals surface area contributed by atoms with Gasteiger partial charge in [-0.1, -0.05) is 6.07 Å². The number of fused-ring (bicyclic) bond motifs is 1. The van der Waals surface area contributed by atoms with E-state index in [0.29, 0.717) is 17.0 Å². The van der Waals surface area contributed by atoms with Gasteiger partial charge in [0.25, 0.3) is 5.56 Å². The van der Waals surface area contributed by atoms with Crippen LogP contribution in [0, 0.1) is 6.92 Å². The molecule has 0 aromatic carbocycles. The molecule has 1 unspecified atom stereocenters. The number of esters is 1. The molecular formula is C19H21N3O3. The van der Waals surface area contributed by atoms with Gasteiger partial charge >= 0.3 is 5.97 Å².